The summed E-state index contributed by atoms with van der Waals surface area (Å²) in [6.07, 6.45) is 5.49. The smallest absolute Gasteiger partial charge is 0.291 e. The number of allylic oxidation sites excluding steroid dienone is 1. The molecule has 0 aliphatic carbocycles. The largest absolute Gasteiger partial charge is 0.346 e. The predicted octanol–water partition coefficient (Wildman–Crippen LogP) is 1.22. The standard InChI is InChI=1S/C24H30N6O2/c1-3-4-15-29-21-20(26-24(29)28-14-9-13-19(25)17-28)22(31)27(2)30(23(21)32)16-8-12-18-10-6-5-7-11-18/h5-8,10-12,19,24,26H,9,13-17,25H2,1-2H3/b12-8+. The van der Waals surface area contributed by atoms with Crippen LogP contribution < -0.4 is 27.1 Å². The summed E-state index contributed by atoms with van der Waals surface area (Å²) in [4.78, 5) is 30.8. The molecule has 0 spiro atoms. The van der Waals surface area contributed by atoms with E-state index in [9.17, 15) is 9.59 Å². The van der Waals surface area contributed by atoms with Gasteiger partial charge in [0.2, 0.25) is 0 Å². The number of nitrogens with two attached hydrogens (primary N) is 1. The van der Waals surface area contributed by atoms with Crippen LogP contribution in [0.15, 0.2) is 46.0 Å². The van der Waals surface area contributed by atoms with Crippen LogP contribution >= 0.6 is 0 Å². The molecule has 1 aromatic heterocycles. The molecule has 2 unspecified atom stereocenters. The number of likely N-dealkylation sites (tertiary alicyclic amines) is 1. The summed E-state index contributed by atoms with van der Waals surface area (Å²) in [5, 5.41) is 3.31. The van der Waals surface area contributed by atoms with E-state index in [1.54, 1.807) is 14.0 Å². The molecule has 3 N–H and O–H groups in total. The Balaban J connectivity index is 1.70. The highest BCUT2D eigenvalue weighted by Crippen LogP contribution is 2.30. The first-order valence-corrected chi connectivity index (χ1v) is 11.0. The van der Waals surface area contributed by atoms with Gasteiger partial charge in [0.15, 0.2) is 6.29 Å². The number of piperidine rings is 1. The van der Waals surface area contributed by atoms with E-state index in [-0.39, 0.29) is 23.5 Å². The molecular formula is C24H30N6O2. The monoisotopic (exact) mass is 434 g/mol. The highest BCUT2D eigenvalue weighted by atomic mass is 16.2. The topological polar surface area (TPSA) is 88.5 Å². The van der Waals surface area contributed by atoms with E-state index < -0.39 is 0 Å². The SMILES string of the molecule is CC#CCN1c2c(c(=O)n(C)n(C/C=C/c3ccccc3)c2=O)NC1N1CCCC(N)C1. The van der Waals surface area contributed by atoms with Crippen molar-refractivity contribution in [3.63, 3.8) is 0 Å². The van der Waals surface area contributed by atoms with Crippen LogP contribution in [-0.4, -0.2) is 46.2 Å². The number of anilines is 2. The Kier molecular flexibility index (Phi) is 6.49. The minimum Gasteiger partial charge on any atom is -0.346 e. The molecule has 2 aliphatic heterocycles. The molecule has 8 nitrogen and oxygen atoms in total. The Hall–Kier alpha value is -3.28. The van der Waals surface area contributed by atoms with E-state index in [0.29, 0.717) is 31.0 Å². The summed E-state index contributed by atoms with van der Waals surface area (Å²) in [6, 6.07) is 9.94. The molecule has 1 aromatic carbocycles. The summed E-state index contributed by atoms with van der Waals surface area (Å²) in [6.45, 7) is 3.97. The molecule has 0 amide bonds. The fraction of sp³-hybridized carbons (Fsp3) is 0.417. The first kappa shape index (κ1) is 21.9. The quantitative estimate of drug-likeness (QED) is 0.688. The lowest BCUT2D eigenvalue weighted by Gasteiger charge is -2.39. The predicted molar refractivity (Wildman–Crippen MR) is 128 cm³/mol. The van der Waals surface area contributed by atoms with Crippen molar-refractivity contribution < 1.29 is 0 Å². The molecule has 4 rings (SSSR count). The zero-order valence-electron chi connectivity index (χ0n) is 18.6. The summed E-state index contributed by atoms with van der Waals surface area (Å²) in [7, 11) is 1.63. The highest BCUT2D eigenvalue weighted by molar-refractivity contribution is 5.74. The van der Waals surface area contributed by atoms with Crippen molar-refractivity contribution in [2.24, 2.45) is 12.8 Å². The summed E-state index contributed by atoms with van der Waals surface area (Å²) in [5.74, 6) is 5.97. The molecule has 2 aromatic rings. The molecule has 0 bridgehead atoms. The number of rotatable bonds is 5. The van der Waals surface area contributed by atoms with Gasteiger partial charge in [-0.25, -0.2) is 9.36 Å². The van der Waals surface area contributed by atoms with E-state index >= 15 is 0 Å². The number of hydrogen-bond acceptors (Lipinski definition) is 6. The number of fused-ring (bicyclic) bond motifs is 1. The third-order valence-electron chi connectivity index (χ3n) is 6.05. The highest BCUT2D eigenvalue weighted by Gasteiger charge is 2.39. The van der Waals surface area contributed by atoms with E-state index in [1.165, 1.54) is 9.36 Å². The first-order valence-electron chi connectivity index (χ1n) is 11.0. The van der Waals surface area contributed by atoms with Crippen LogP contribution in [0.3, 0.4) is 0 Å². The number of hydrogen-bond donors (Lipinski definition) is 2. The third kappa shape index (κ3) is 4.22. The van der Waals surface area contributed by atoms with Gasteiger partial charge in [0.1, 0.15) is 11.4 Å². The van der Waals surface area contributed by atoms with Gasteiger partial charge >= 0.3 is 0 Å². The van der Waals surface area contributed by atoms with Crippen LogP contribution in [0.4, 0.5) is 11.4 Å². The molecule has 8 heteroatoms. The molecule has 1 saturated heterocycles. The van der Waals surface area contributed by atoms with Gasteiger partial charge in [-0.2, -0.15) is 0 Å². The van der Waals surface area contributed by atoms with Gasteiger partial charge in [-0.1, -0.05) is 48.4 Å². The van der Waals surface area contributed by atoms with Crippen LogP contribution in [0, 0.1) is 11.8 Å². The van der Waals surface area contributed by atoms with Crippen molar-refractivity contribution in [1.29, 1.82) is 0 Å². The van der Waals surface area contributed by atoms with Crippen molar-refractivity contribution in [3.05, 3.63) is 62.7 Å². The molecule has 2 aliphatic rings. The maximum atomic E-state index is 13.5. The van der Waals surface area contributed by atoms with Crippen LogP contribution in [0.5, 0.6) is 0 Å². The Morgan fingerprint density at radius 1 is 1.22 bits per heavy atom. The van der Waals surface area contributed by atoms with Crippen molar-refractivity contribution in [2.75, 3.05) is 29.9 Å². The lowest BCUT2D eigenvalue weighted by Crippen LogP contribution is -2.56. The molecule has 0 saturated carbocycles. The minimum atomic E-state index is -0.312. The van der Waals surface area contributed by atoms with Gasteiger partial charge < -0.3 is 16.0 Å². The Morgan fingerprint density at radius 2 is 2.00 bits per heavy atom. The second-order valence-electron chi connectivity index (χ2n) is 8.22. The normalized spacial score (nSPS) is 20.7. The number of nitrogens with one attached hydrogen (secondary N) is 1. The van der Waals surface area contributed by atoms with Gasteiger partial charge in [0, 0.05) is 26.2 Å². The molecular weight excluding hydrogens is 404 g/mol. The second-order valence-corrected chi connectivity index (χ2v) is 8.22. The van der Waals surface area contributed by atoms with Crippen molar-refractivity contribution in [3.8, 4) is 11.8 Å². The fourth-order valence-corrected chi connectivity index (χ4v) is 4.40. The Labute approximate surface area is 187 Å². The molecule has 1 fully saturated rings. The van der Waals surface area contributed by atoms with Gasteiger partial charge in [0.05, 0.1) is 13.1 Å². The zero-order chi connectivity index (χ0) is 22.7. The molecule has 3 heterocycles. The van der Waals surface area contributed by atoms with Gasteiger partial charge in [-0.05, 0) is 25.3 Å². The van der Waals surface area contributed by atoms with Gasteiger partial charge in [-0.3, -0.25) is 14.5 Å². The lowest BCUT2D eigenvalue weighted by molar-refractivity contribution is 0.165. The minimum absolute atomic E-state index is 0.0796. The van der Waals surface area contributed by atoms with Crippen LogP contribution in [0.25, 0.3) is 6.08 Å². The molecule has 0 radical (unpaired) electrons. The van der Waals surface area contributed by atoms with Gasteiger partial charge in [-0.15, -0.1) is 5.92 Å². The van der Waals surface area contributed by atoms with Crippen molar-refractivity contribution in [2.45, 2.75) is 38.6 Å². The maximum Gasteiger partial charge on any atom is 0.291 e. The first-order chi connectivity index (χ1) is 15.5. The Bertz CT molecular complexity index is 1170. The van der Waals surface area contributed by atoms with E-state index in [0.717, 1.165) is 24.9 Å². The van der Waals surface area contributed by atoms with Crippen LogP contribution in [0.2, 0.25) is 0 Å². The number of nitrogens with zero attached hydrogens (tertiary/aromatic N) is 4. The molecule has 32 heavy (non-hydrogen) atoms. The maximum absolute atomic E-state index is 13.5. The average molecular weight is 435 g/mol. The number of aromatic nitrogens is 2. The van der Waals surface area contributed by atoms with Gasteiger partial charge in [0.25, 0.3) is 11.1 Å². The fourth-order valence-electron chi connectivity index (χ4n) is 4.40. The van der Waals surface area contributed by atoms with E-state index in [2.05, 4.69) is 22.1 Å². The molecule has 168 valence electrons. The number of benzene rings is 1. The van der Waals surface area contributed by atoms with Crippen LogP contribution in [0.1, 0.15) is 25.3 Å². The molecule has 2 atom stereocenters. The van der Waals surface area contributed by atoms with Crippen molar-refractivity contribution in [1.82, 2.24) is 14.3 Å². The summed E-state index contributed by atoms with van der Waals surface area (Å²) < 4.78 is 2.86. The van der Waals surface area contributed by atoms with E-state index in [1.807, 2.05) is 47.4 Å². The third-order valence-corrected chi connectivity index (χ3v) is 6.05. The van der Waals surface area contributed by atoms with Crippen molar-refractivity contribution >= 4 is 17.5 Å². The summed E-state index contributed by atoms with van der Waals surface area (Å²) in [5.41, 5.74) is 7.51. The lowest BCUT2D eigenvalue weighted by atomic mass is 10.1. The second kappa shape index (κ2) is 9.47. The van der Waals surface area contributed by atoms with Crippen LogP contribution in [-0.2, 0) is 13.6 Å². The Morgan fingerprint density at radius 3 is 2.72 bits per heavy atom. The zero-order valence-corrected chi connectivity index (χ0v) is 18.6. The summed E-state index contributed by atoms with van der Waals surface area (Å²) >= 11 is 0. The van der Waals surface area contributed by atoms with E-state index in [4.69, 9.17) is 5.73 Å². The average Bonchev–Trinajstić information content (AvgIpc) is 3.19.